The quantitative estimate of drug-likeness (QED) is 0.118. The third-order valence-corrected chi connectivity index (χ3v) is 21.4. The summed E-state index contributed by atoms with van der Waals surface area (Å²) in [5, 5.41) is 5.84. The van der Waals surface area contributed by atoms with E-state index in [1.807, 2.05) is 24.3 Å². The first-order chi connectivity index (χ1) is 26.5. The molecule has 1 saturated heterocycles. The molecule has 2 N–H and O–H groups in total. The van der Waals surface area contributed by atoms with Gasteiger partial charge in [-0.15, -0.1) is 0 Å². The first kappa shape index (κ1) is 41.5. The Morgan fingerprint density at radius 3 is 1.84 bits per heavy atom. The van der Waals surface area contributed by atoms with E-state index >= 15 is 0 Å². The first-order valence-corrected chi connectivity index (χ1v) is 24.6. The van der Waals surface area contributed by atoms with E-state index in [0.29, 0.717) is 18.5 Å². The number of aromatic nitrogens is 2. The Morgan fingerprint density at radius 2 is 1.32 bits per heavy atom. The van der Waals surface area contributed by atoms with Gasteiger partial charge >= 0.3 is 5.69 Å². The van der Waals surface area contributed by atoms with Gasteiger partial charge in [0.2, 0.25) is 0 Å². The molecule has 1 unspecified atom stereocenters. The van der Waals surface area contributed by atoms with Crippen molar-refractivity contribution in [3.05, 3.63) is 165 Å². The minimum Gasteiger partial charge on any atom is -0.411 e. The second-order valence-corrected chi connectivity index (χ2v) is 26.8. The van der Waals surface area contributed by atoms with Gasteiger partial charge in [0.15, 0.2) is 8.32 Å². The number of aromatic amines is 1. The minimum absolute atomic E-state index is 0.124. The maximum Gasteiger partial charge on any atom is 0.330 e. The largest absolute Gasteiger partial charge is 0.411 e. The maximum atomic E-state index is 13.7. The van der Waals surface area contributed by atoms with E-state index in [9.17, 15) is 9.59 Å². The topological polar surface area (TPSA) is 94.6 Å². The molecule has 4 atom stereocenters. The summed E-state index contributed by atoms with van der Waals surface area (Å²) in [6.45, 7) is 20.5. The van der Waals surface area contributed by atoms with Crippen molar-refractivity contribution in [1.29, 1.82) is 0 Å². The number of H-pyrrole nitrogens is 1. The highest BCUT2D eigenvalue weighted by Crippen LogP contribution is 2.50. The van der Waals surface area contributed by atoms with Crippen molar-refractivity contribution >= 4 is 27.0 Å². The number of aryl methyl sites for hydroxylation is 1. The molecule has 0 spiro atoms. The van der Waals surface area contributed by atoms with Gasteiger partial charge in [0, 0.05) is 24.7 Å². The third-order valence-electron chi connectivity index (χ3n) is 11.9. The fourth-order valence-electron chi connectivity index (χ4n) is 7.89. The van der Waals surface area contributed by atoms with Crippen LogP contribution in [0.25, 0.3) is 0 Å². The highest BCUT2D eigenvalue weighted by atomic mass is 28.4. The molecule has 5 aromatic rings. The number of nitrogens with one attached hydrogen (secondary N) is 2. The molecule has 0 amide bonds. The van der Waals surface area contributed by atoms with Crippen LogP contribution in [-0.2, 0) is 20.1 Å². The standard InChI is InChI=1S/C46H59N3O5Si2/c1-34-32-49(43(51)48-42(34)50)40-30-39(54-55(8,9)44(2,3)4)46(53-40,41(36-24-16-11-17-25-36)47-31-35-22-14-10-15-23-35)33-52-56(45(5,6)7,37-26-18-12-19-27-37)38-28-20-13-21-29-38/h10-29,32,39-41,47H,30-31,33H2,1-9H3,(H,48,50,51)/t39-,40+,41?,46+/m0/s1. The molecular weight excluding hydrogens is 731 g/mol. The lowest BCUT2D eigenvalue weighted by atomic mass is 9.84. The molecule has 0 bridgehead atoms. The van der Waals surface area contributed by atoms with Crippen molar-refractivity contribution in [2.24, 2.45) is 0 Å². The summed E-state index contributed by atoms with van der Waals surface area (Å²) in [4.78, 5) is 28.8. The highest BCUT2D eigenvalue weighted by Gasteiger charge is 2.60. The molecule has 6 rings (SSSR count). The predicted molar refractivity (Wildman–Crippen MR) is 232 cm³/mol. The van der Waals surface area contributed by atoms with Crippen LogP contribution in [0.4, 0.5) is 0 Å². The Morgan fingerprint density at radius 1 is 0.804 bits per heavy atom. The van der Waals surface area contributed by atoms with E-state index in [1.54, 1.807) is 13.1 Å². The van der Waals surface area contributed by atoms with Gasteiger partial charge in [0.25, 0.3) is 13.9 Å². The van der Waals surface area contributed by atoms with Gasteiger partial charge in [-0.25, -0.2) is 4.79 Å². The summed E-state index contributed by atoms with van der Waals surface area (Å²) in [5.41, 5.74) is 0.481. The van der Waals surface area contributed by atoms with E-state index in [-0.39, 0.29) is 16.7 Å². The number of nitrogens with zero attached hydrogens (tertiary/aromatic N) is 1. The van der Waals surface area contributed by atoms with Crippen molar-refractivity contribution in [1.82, 2.24) is 14.9 Å². The average Bonchev–Trinajstić information content (AvgIpc) is 3.51. The number of ether oxygens (including phenoxy) is 1. The van der Waals surface area contributed by atoms with Crippen molar-refractivity contribution in [3.63, 3.8) is 0 Å². The van der Waals surface area contributed by atoms with Gasteiger partial charge in [0.05, 0.1) is 18.8 Å². The van der Waals surface area contributed by atoms with Crippen LogP contribution in [0.5, 0.6) is 0 Å². The molecule has 10 heteroatoms. The van der Waals surface area contributed by atoms with Gasteiger partial charge in [-0.2, -0.15) is 0 Å². The molecular formula is C46H59N3O5Si2. The second-order valence-electron chi connectivity index (χ2n) is 17.8. The summed E-state index contributed by atoms with van der Waals surface area (Å²) < 4.78 is 24.5. The Hall–Kier alpha value is -4.17. The van der Waals surface area contributed by atoms with Crippen LogP contribution >= 0.6 is 0 Å². The number of rotatable bonds is 13. The fourth-order valence-corrected chi connectivity index (χ4v) is 13.8. The Bertz CT molecular complexity index is 2120. The molecule has 1 aromatic heterocycles. The molecule has 2 heterocycles. The van der Waals surface area contributed by atoms with Gasteiger partial charge in [-0.1, -0.05) is 163 Å². The van der Waals surface area contributed by atoms with E-state index in [0.717, 1.165) is 21.5 Å². The van der Waals surface area contributed by atoms with Crippen LogP contribution in [0, 0.1) is 6.92 Å². The van der Waals surface area contributed by atoms with Crippen LogP contribution in [0.3, 0.4) is 0 Å². The molecule has 1 aliphatic heterocycles. The molecule has 1 aliphatic rings. The van der Waals surface area contributed by atoms with E-state index < -0.39 is 51.9 Å². The van der Waals surface area contributed by atoms with E-state index in [4.69, 9.17) is 13.6 Å². The normalized spacial score (nSPS) is 19.9. The van der Waals surface area contributed by atoms with Crippen molar-refractivity contribution < 1.29 is 13.6 Å². The number of hydrogen-bond donors (Lipinski definition) is 2. The zero-order valence-corrected chi connectivity index (χ0v) is 36.5. The van der Waals surface area contributed by atoms with Crippen LogP contribution in [-0.4, -0.2) is 44.5 Å². The van der Waals surface area contributed by atoms with Gasteiger partial charge in [-0.05, 0) is 51.6 Å². The van der Waals surface area contributed by atoms with Crippen LogP contribution in [0.2, 0.25) is 23.2 Å². The zero-order valence-electron chi connectivity index (χ0n) is 34.5. The van der Waals surface area contributed by atoms with Gasteiger partial charge < -0.3 is 18.9 Å². The number of benzene rings is 4. The predicted octanol–water partition coefficient (Wildman–Crippen LogP) is 8.00. The zero-order chi connectivity index (χ0) is 40.4. The number of hydrogen-bond acceptors (Lipinski definition) is 6. The highest BCUT2D eigenvalue weighted by molar-refractivity contribution is 6.99. The minimum atomic E-state index is -3.12. The lowest BCUT2D eigenvalue weighted by molar-refractivity contribution is -0.143. The van der Waals surface area contributed by atoms with Gasteiger partial charge in [0.1, 0.15) is 11.8 Å². The van der Waals surface area contributed by atoms with Crippen molar-refractivity contribution in [3.8, 4) is 0 Å². The smallest absolute Gasteiger partial charge is 0.330 e. The monoisotopic (exact) mass is 789 g/mol. The molecule has 4 aromatic carbocycles. The Balaban J connectivity index is 1.62. The maximum absolute atomic E-state index is 13.7. The Labute approximate surface area is 334 Å². The van der Waals surface area contributed by atoms with E-state index in [1.165, 1.54) is 4.57 Å². The molecule has 1 fully saturated rings. The summed E-state index contributed by atoms with van der Waals surface area (Å²) in [7, 11) is -5.61. The second kappa shape index (κ2) is 16.4. The van der Waals surface area contributed by atoms with Crippen LogP contribution in [0.1, 0.15) is 76.9 Å². The molecule has 296 valence electrons. The summed E-state index contributed by atoms with van der Waals surface area (Å²) in [6, 6.07) is 41.6. The fraction of sp³-hybridized carbons (Fsp3) is 0.391. The molecule has 0 radical (unpaired) electrons. The van der Waals surface area contributed by atoms with Gasteiger partial charge in [-0.3, -0.25) is 14.3 Å². The summed E-state index contributed by atoms with van der Waals surface area (Å²) >= 11 is 0. The molecule has 0 aliphatic carbocycles. The lowest BCUT2D eigenvalue weighted by Crippen LogP contribution is -2.69. The molecule has 0 saturated carbocycles. The van der Waals surface area contributed by atoms with Crippen molar-refractivity contribution in [2.75, 3.05) is 6.61 Å². The molecule has 8 nitrogen and oxygen atoms in total. The summed E-state index contributed by atoms with van der Waals surface area (Å²) in [5.74, 6) is 0. The SMILES string of the molecule is Cc1cn([C@H]2C[C@H](O[Si](C)(C)C(C)(C)C)[C@](CO[Si](c3ccccc3)(c3ccccc3)C(C)(C)C)(C(NCc3ccccc3)c3ccccc3)O2)c(=O)[nH]c1=O. The van der Waals surface area contributed by atoms with Crippen LogP contribution in [0.15, 0.2) is 137 Å². The lowest BCUT2D eigenvalue weighted by Gasteiger charge is -2.49. The third kappa shape index (κ3) is 8.28. The van der Waals surface area contributed by atoms with E-state index in [2.05, 4.69) is 162 Å². The first-order valence-electron chi connectivity index (χ1n) is 19.7. The van der Waals surface area contributed by atoms with Crippen molar-refractivity contribution in [2.45, 2.75) is 109 Å². The average molecular weight is 790 g/mol. The molecule has 56 heavy (non-hydrogen) atoms. The Kier molecular flexibility index (Phi) is 12.1. The summed E-state index contributed by atoms with van der Waals surface area (Å²) in [6.07, 6.45) is 0.723. The van der Waals surface area contributed by atoms with Crippen LogP contribution < -0.4 is 26.9 Å².